The number of hydrogen-bond acceptors (Lipinski definition) is 1. The monoisotopic (exact) mass is 315 g/mol. The molecule has 1 unspecified atom stereocenters. The maximum Gasteiger partial charge on any atom is 0.0233 e. The smallest absolute Gasteiger partial charge is 0.0233 e. The third-order valence-corrected chi connectivity index (χ3v) is 4.32. The molecular weight excluding hydrogens is 297 g/mol. The molecule has 0 radical (unpaired) electrons. The molecule has 0 spiro atoms. The molecule has 1 atom stereocenters. The first-order valence-corrected chi connectivity index (χ1v) is 7.23. The fourth-order valence-electron chi connectivity index (χ4n) is 2.26. The highest BCUT2D eigenvalue weighted by molar-refractivity contribution is 14.1. The zero-order chi connectivity index (χ0) is 10.5. The van der Waals surface area contributed by atoms with E-state index in [1.54, 1.807) is 0 Å². The maximum absolute atomic E-state index is 2.60. The molecule has 1 nitrogen and oxygen atoms in total. The molecule has 0 bridgehead atoms. The molecule has 1 aliphatic heterocycles. The van der Waals surface area contributed by atoms with Crippen LogP contribution in [0.2, 0.25) is 0 Å². The Morgan fingerprint density at radius 3 is 2.80 bits per heavy atom. The van der Waals surface area contributed by atoms with E-state index < -0.39 is 0 Å². The Bertz CT molecular complexity index is 286. The van der Waals surface area contributed by atoms with Crippen LogP contribution in [-0.4, -0.2) is 22.4 Å². The lowest BCUT2D eigenvalue weighted by Gasteiger charge is -2.31. The van der Waals surface area contributed by atoms with Crippen molar-refractivity contribution in [3.8, 4) is 0 Å². The number of benzene rings is 1. The number of piperidine rings is 1. The van der Waals surface area contributed by atoms with Crippen molar-refractivity contribution in [3.63, 3.8) is 0 Å². The normalized spacial score (nSPS) is 22.9. The van der Waals surface area contributed by atoms with Gasteiger partial charge in [-0.05, 0) is 30.9 Å². The van der Waals surface area contributed by atoms with Gasteiger partial charge in [0.25, 0.3) is 0 Å². The van der Waals surface area contributed by atoms with E-state index in [1.165, 1.54) is 35.9 Å². The van der Waals surface area contributed by atoms with Crippen molar-refractivity contribution >= 4 is 22.6 Å². The van der Waals surface area contributed by atoms with Crippen LogP contribution in [0.25, 0.3) is 0 Å². The number of halogens is 1. The van der Waals surface area contributed by atoms with Crippen molar-refractivity contribution in [2.24, 2.45) is 5.92 Å². The lowest BCUT2D eigenvalue weighted by Crippen LogP contribution is -2.35. The minimum Gasteiger partial charge on any atom is -0.299 e. The first kappa shape index (κ1) is 11.4. The van der Waals surface area contributed by atoms with Gasteiger partial charge in [0.1, 0.15) is 0 Å². The van der Waals surface area contributed by atoms with Gasteiger partial charge >= 0.3 is 0 Å². The molecule has 2 rings (SSSR count). The van der Waals surface area contributed by atoms with E-state index in [1.807, 2.05) is 0 Å². The summed E-state index contributed by atoms with van der Waals surface area (Å²) in [6.45, 7) is 3.70. The second-order valence-electron chi connectivity index (χ2n) is 4.38. The van der Waals surface area contributed by atoms with Gasteiger partial charge in [0, 0.05) is 17.5 Å². The zero-order valence-corrected chi connectivity index (χ0v) is 11.2. The highest BCUT2D eigenvalue weighted by Gasteiger charge is 2.18. The Hall–Kier alpha value is -0.0900. The topological polar surface area (TPSA) is 3.24 Å². The molecule has 0 saturated carbocycles. The highest BCUT2D eigenvalue weighted by atomic mass is 127. The van der Waals surface area contributed by atoms with E-state index in [2.05, 4.69) is 57.8 Å². The summed E-state index contributed by atoms with van der Waals surface area (Å²) in [7, 11) is 0. The van der Waals surface area contributed by atoms with Crippen LogP contribution in [0.1, 0.15) is 18.4 Å². The largest absolute Gasteiger partial charge is 0.299 e. The van der Waals surface area contributed by atoms with Crippen molar-refractivity contribution in [3.05, 3.63) is 35.9 Å². The third-order valence-electron chi connectivity index (χ3n) is 3.07. The van der Waals surface area contributed by atoms with Crippen molar-refractivity contribution < 1.29 is 0 Å². The Morgan fingerprint density at radius 2 is 2.07 bits per heavy atom. The van der Waals surface area contributed by atoms with E-state index in [9.17, 15) is 0 Å². The number of likely N-dealkylation sites (tertiary alicyclic amines) is 1. The number of hydrogen-bond donors (Lipinski definition) is 0. The van der Waals surface area contributed by atoms with Crippen molar-refractivity contribution in [1.82, 2.24) is 4.90 Å². The van der Waals surface area contributed by atoms with Gasteiger partial charge in [0.15, 0.2) is 0 Å². The van der Waals surface area contributed by atoms with Crippen molar-refractivity contribution in [2.75, 3.05) is 17.5 Å². The highest BCUT2D eigenvalue weighted by Crippen LogP contribution is 2.20. The maximum atomic E-state index is 2.60. The minimum atomic E-state index is 0.920. The predicted molar refractivity (Wildman–Crippen MR) is 73.3 cm³/mol. The van der Waals surface area contributed by atoms with Crippen LogP contribution < -0.4 is 0 Å². The summed E-state index contributed by atoms with van der Waals surface area (Å²) in [6, 6.07) is 10.8. The summed E-state index contributed by atoms with van der Waals surface area (Å²) in [5.41, 5.74) is 1.45. The Labute approximate surface area is 106 Å². The average Bonchev–Trinajstić information content (AvgIpc) is 2.31. The Morgan fingerprint density at radius 1 is 1.27 bits per heavy atom. The molecule has 0 amide bonds. The molecule has 1 saturated heterocycles. The van der Waals surface area contributed by atoms with E-state index >= 15 is 0 Å². The van der Waals surface area contributed by atoms with Crippen LogP contribution in [-0.2, 0) is 6.54 Å². The molecule has 0 N–H and O–H groups in total. The molecule has 82 valence electrons. The van der Waals surface area contributed by atoms with Gasteiger partial charge in [0.2, 0.25) is 0 Å². The van der Waals surface area contributed by atoms with Crippen molar-refractivity contribution in [2.45, 2.75) is 19.4 Å². The summed E-state index contributed by atoms with van der Waals surface area (Å²) in [4.78, 5) is 2.60. The summed E-state index contributed by atoms with van der Waals surface area (Å²) in [5, 5.41) is 0. The third kappa shape index (κ3) is 3.45. The van der Waals surface area contributed by atoms with Gasteiger partial charge in [-0.15, -0.1) is 0 Å². The molecule has 1 aromatic carbocycles. The second kappa shape index (κ2) is 5.85. The van der Waals surface area contributed by atoms with Gasteiger partial charge in [-0.2, -0.15) is 0 Å². The van der Waals surface area contributed by atoms with E-state index in [4.69, 9.17) is 0 Å². The van der Waals surface area contributed by atoms with E-state index in [0.717, 1.165) is 12.5 Å². The standard InChI is InChI=1S/C13H18IN/c14-9-13-7-4-8-15(11-13)10-12-5-2-1-3-6-12/h1-3,5-6,13H,4,7-11H2. The van der Waals surface area contributed by atoms with Gasteiger partial charge in [-0.3, -0.25) is 4.90 Å². The summed E-state index contributed by atoms with van der Waals surface area (Å²) >= 11 is 2.52. The molecule has 0 aliphatic carbocycles. The fourth-order valence-corrected chi connectivity index (χ4v) is 2.98. The van der Waals surface area contributed by atoms with E-state index in [0.29, 0.717) is 0 Å². The SMILES string of the molecule is ICC1CCCN(Cc2ccccc2)C1. The molecular formula is C13H18IN. The number of rotatable bonds is 3. The van der Waals surface area contributed by atoms with Crippen LogP contribution in [0.5, 0.6) is 0 Å². The first-order valence-electron chi connectivity index (χ1n) is 5.70. The molecule has 0 aromatic heterocycles. The van der Waals surface area contributed by atoms with Crippen LogP contribution in [0.3, 0.4) is 0 Å². The Kier molecular flexibility index (Phi) is 4.44. The molecule has 2 heteroatoms. The van der Waals surface area contributed by atoms with Crippen LogP contribution in [0.15, 0.2) is 30.3 Å². The molecule has 1 aliphatic rings. The predicted octanol–water partition coefficient (Wildman–Crippen LogP) is 3.33. The summed E-state index contributed by atoms with van der Waals surface area (Å²) in [5.74, 6) is 0.920. The first-order chi connectivity index (χ1) is 7.38. The zero-order valence-electron chi connectivity index (χ0n) is 9.03. The van der Waals surface area contributed by atoms with Crippen LogP contribution in [0.4, 0.5) is 0 Å². The Balaban J connectivity index is 1.89. The van der Waals surface area contributed by atoms with Crippen molar-refractivity contribution in [1.29, 1.82) is 0 Å². The number of nitrogens with zero attached hydrogens (tertiary/aromatic N) is 1. The fraction of sp³-hybridized carbons (Fsp3) is 0.538. The van der Waals surface area contributed by atoms with E-state index in [-0.39, 0.29) is 0 Å². The molecule has 1 fully saturated rings. The van der Waals surface area contributed by atoms with Gasteiger partial charge in [0.05, 0.1) is 0 Å². The minimum absolute atomic E-state index is 0.920. The lowest BCUT2D eigenvalue weighted by atomic mass is 10.00. The lowest BCUT2D eigenvalue weighted by molar-refractivity contribution is 0.180. The number of alkyl halides is 1. The quantitative estimate of drug-likeness (QED) is 0.611. The molecule has 1 heterocycles. The molecule has 15 heavy (non-hydrogen) atoms. The van der Waals surface area contributed by atoms with Crippen LogP contribution >= 0.6 is 22.6 Å². The van der Waals surface area contributed by atoms with Gasteiger partial charge in [-0.25, -0.2) is 0 Å². The average molecular weight is 315 g/mol. The summed E-state index contributed by atoms with van der Waals surface area (Å²) in [6.07, 6.45) is 2.80. The summed E-state index contributed by atoms with van der Waals surface area (Å²) < 4.78 is 1.31. The van der Waals surface area contributed by atoms with Crippen LogP contribution in [0, 0.1) is 5.92 Å². The molecule has 1 aromatic rings. The van der Waals surface area contributed by atoms with Gasteiger partial charge < -0.3 is 0 Å². The van der Waals surface area contributed by atoms with Gasteiger partial charge in [-0.1, -0.05) is 52.9 Å². The second-order valence-corrected chi connectivity index (χ2v) is 5.26.